The first kappa shape index (κ1) is 23.4. The number of carbonyl (C=O) groups excluding carboxylic acids is 1. The van der Waals surface area contributed by atoms with Crippen molar-refractivity contribution in [3.63, 3.8) is 0 Å². The second kappa shape index (κ2) is 10.8. The Kier molecular flexibility index (Phi) is 8.72. The van der Waals surface area contributed by atoms with E-state index in [-0.39, 0.29) is 68.7 Å². The van der Waals surface area contributed by atoms with E-state index in [1.54, 1.807) is 19.2 Å². The first-order valence-corrected chi connectivity index (χ1v) is 8.78. The number of aromatic nitrogens is 1. The number of hydrogen-bond donors (Lipinski definition) is 2. The molecule has 1 amide bonds. The predicted octanol–water partition coefficient (Wildman–Crippen LogP) is 0.0399. The molecular weight excluding hydrogens is 396 g/mol. The molecule has 8 heteroatoms. The van der Waals surface area contributed by atoms with E-state index in [1.807, 2.05) is 49.5 Å². The minimum absolute atomic E-state index is 0. The van der Waals surface area contributed by atoms with Gasteiger partial charge in [-0.15, -0.1) is 6.20 Å². The number of carbonyl (C=O) groups is 1. The molecule has 0 saturated heterocycles. The van der Waals surface area contributed by atoms with E-state index >= 15 is 0 Å². The van der Waals surface area contributed by atoms with Gasteiger partial charge in [-0.2, -0.15) is 0 Å². The second-order valence-electron chi connectivity index (χ2n) is 6.49. The van der Waals surface area contributed by atoms with Crippen molar-refractivity contribution in [2.24, 2.45) is 4.99 Å². The van der Waals surface area contributed by atoms with Crippen LogP contribution in [-0.2, 0) is 0 Å². The molecule has 0 bridgehead atoms. The molecule has 1 unspecified atom stereocenters. The number of hydrogen-bond acceptors (Lipinski definition) is 4. The molecule has 1 aliphatic heterocycles. The molecule has 144 valence electrons. The zero-order valence-electron chi connectivity index (χ0n) is 16.9. The van der Waals surface area contributed by atoms with Gasteiger partial charge in [0.2, 0.25) is 0 Å². The minimum Gasteiger partial charge on any atom is -0.560 e. The summed E-state index contributed by atoms with van der Waals surface area (Å²) in [5, 5.41) is 5.88. The summed E-state index contributed by atoms with van der Waals surface area (Å²) in [6, 6.07) is 8.55. The Labute approximate surface area is 212 Å². The van der Waals surface area contributed by atoms with Gasteiger partial charge in [0.05, 0.1) is 29.7 Å². The summed E-state index contributed by atoms with van der Waals surface area (Å²) in [5.41, 5.74) is 2.89. The van der Waals surface area contributed by atoms with Gasteiger partial charge in [-0.05, 0) is 37.6 Å². The average molecular weight is 418 g/mol. The molecule has 3 rings (SSSR count). The molecule has 6 nitrogen and oxygen atoms in total. The van der Waals surface area contributed by atoms with Gasteiger partial charge in [0, 0.05) is 17.9 Å². The van der Waals surface area contributed by atoms with Crippen molar-refractivity contribution < 1.29 is 65.1 Å². The molecular formula is C21H21FKN5O. The van der Waals surface area contributed by atoms with Crippen LogP contribution >= 0.6 is 0 Å². The predicted molar refractivity (Wildman–Crippen MR) is 107 cm³/mol. The van der Waals surface area contributed by atoms with Gasteiger partial charge < -0.3 is 26.4 Å². The Morgan fingerprint density at radius 2 is 2.17 bits per heavy atom. The van der Waals surface area contributed by atoms with E-state index in [0.29, 0.717) is 5.69 Å². The summed E-state index contributed by atoms with van der Waals surface area (Å²) in [7, 11) is 1.93. The van der Waals surface area contributed by atoms with Gasteiger partial charge in [-0.3, -0.25) is 9.78 Å². The van der Waals surface area contributed by atoms with Crippen LogP contribution in [0.25, 0.3) is 0 Å². The number of benzene rings is 1. The summed E-state index contributed by atoms with van der Waals surface area (Å²) in [6.07, 6.45) is 7.78. The average Bonchev–Trinajstić information content (AvgIpc) is 2.65. The van der Waals surface area contributed by atoms with E-state index in [9.17, 15) is 9.18 Å². The number of aliphatic imine (C=N–C) groups is 1. The standard InChI is InChI=1S/C21H21FN5O.K/c1-14(23-7-8-24-19-12-27(3)13-19)16-5-4-6-18(9-16)26-21(28)17-10-20(22)15(2)25-11-17;/h4-6,8-14,23H,1-3H3,(H,26,28);/q-1;+1. The van der Waals surface area contributed by atoms with E-state index in [1.165, 1.54) is 12.3 Å². The maximum absolute atomic E-state index is 13.6. The van der Waals surface area contributed by atoms with Crippen LogP contribution in [0.2, 0.25) is 0 Å². The van der Waals surface area contributed by atoms with Gasteiger partial charge in [0.1, 0.15) is 12.9 Å². The molecule has 0 aliphatic carbocycles. The van der Waals surface area contributed by atoms with E-state index in [2.05, 4.69) is 26.8 Å². The maximum Gasteiger partial charge on any atom is 1.00 e. The zero-order valence-corrected chi connectivity index (χ0v) is 20.0. The van der Waals surface area contributed by atoms with Crippen LogP contribution in [0.4, 0.5) is 10.1 Å². The van der Waals surface area contributed by atoms with E-state index in [4.69, 9.17) is 0 Å². The molecule has 0 saturated carbocycles. The maximum atomic E-state index is 13.6. The summed E-state index contributed by atoms with van der Waals surface area (Å²) < 4.78 is 15.5. The summed E-state index contributed by atoms with van der Waals surface area (Å²) in [5.74, 6) is -0.918. The summed E-state index contributed by atoms with van der Waals surface area (Å²) in [4.78, 5) is 20.4. The molecule has 1 aromatic heterocycles. The molecule has 29 heavy (non-hydrogen) atoms. The monoisotopic (exact) mass is 417 g/mol. The third-order valence-corrected chi connectivity index (χ3v) is 4.18. The molecule has 0 spiro atoms. The molecule has 1 aromatic carbocycles. The quantitative estimate of drug-likeness (QED) is 0.302. The Hall–Kier alpha value is -1.84. The Balaban J connectivity index is 0.00000300. The number of anilines is 1. The molecule has 2 N–H and O–H groups in total. The number of halogens is 1. The fourth-order valence-electron chi connectivity index (χ4n) is 2.54. The van der Waals surface area contributed by atoms with Crippen molar-refractivity contribution in [2.75, 3.05) is 12.4 Å². The van der Waals surface area contributed by atoms with E-state index in [0.717, 1.165) is 11.3 Å². The van der Waals surface area contributed by atoms with Gasteiger partial charge >= 0.3 is 51.4 Å². The fourth-order valence-corrected chi connectivity index (χ4v) is 2.54. The Bertz CT molecular complexity index is 987. The van der Waals surface area contributed by atoms with Crippen LogP contribution in [0.3, 0.4) is 0 Å². The van der Waals surface area contributed by atoms with Crippen LogP contribution in [0, 0.1) is 25.5 Å². The van der Waals surface area contributed by atoms with Crippen molar-refractivity contribution in [3.05, 3.63) is 78.1 Å². The number of nitrogens with zero attached hydrogens (tertiary/aromatic N) is 3. The first-order chi connectivity index (χ1) is 13.4. The number of aryl methyl sites for hydroxylation is 1. The van der Waals surface area contributed by atoms with Crippen molar-refractivity contribution in [1.82, 2.24) is 10.3 Å². The van der Waals surface area contributed by atoms with Crippen LogP contribution in [-0.4, -0.2) is 34.4 Å². The topological polar surface area (TPSA) is 69.4 Å². The number of rotatable bonds is 6. The summed E-state index contributed by atoms with van der Waals surface area (Å²) >= 11 is 0. The number of amides is 1. The first-order valence-electron chi connectivity index (χ1n) is 8.78. The SMILES string of the molecule is Cc1ncc(C(=O)Nc2cccc(C(C)N[C-]=CN=C3C=[N+](C)[CH-]3)c2)cc1F.[K+]. The minimum atomic E-state index is -0.506. The largest absolute Gasteiger partial charge is 1.00 e. The number of pyridine rings is 1. The Morgan fingerprint density at radius 1 is 1.41 bits per heavy atom. The molecule has 1 atom stereocenters. The van der Waals surface area contributed by atoms with Crippen molar-refractivity contribution in [2.45, 2.75) is 19.9 Å². The molecule has 2 aromatic rings. The van der Waals surface area contributed by atoms with Crippen molar-refractivity contribution in [3.8, 4) is 0 Å². The second-order valence-corrected chi connectivity index (χ2v) is 6.49. The fraction of sp³-hybridized carbons (Fsp3) is 0.190. The van der Waals surface area contributed by atoms with E-state index < -0.39 is 11.7 Å². The summed E-state index contributed by atoms with van der Waals surface area (Å²) in [6.45, 7) is 5.43. The molecule has 0 radical (unpaired) electrons. The molecule has 0 fully saturated rings. The number of nitrogens with one attached hydrogen (secondary N) is 2. The molecule has 2 heterocycles. The normalized spacial score (nSPS) is 15.0. The molecule has 1 aliphatic rings. The third-order valence-electron chi connectivity index (χ3n) is 4.18. The van der Waals surface area contributed by atoms with Crippen LogP contribution < -0.4 is 62.0 Å². The van der Waals surface area contributed by atoms with Crippen LogP contribution in [0.5, 0.6) is 0 Å². The van der Waals surface area contributed by atoms with Crippen LogP contribution in [0.15, 0.2) is 47.7 Å². The third kappa shape index (κ3) is 6.58. The zero-order chi connectivity index (χ0) is 20.1. The smallest absolute Gasteiger partial charge is 0.560 e. The van der Waals surface area contributed by atoms with Gasteiger partial charge in [-0.1, -0.05) is 12.1 Å². The van der Waals surface area contributed by atoms with Crippen LogP contribution in [0.1, 0.15) is 34.6 Å². The van der Waals surface area contributed by atoms with Crippen molar-refractivity contribution in [1.29, 1.82) is 0 Å². The van der Waals surface area contributed by atoms with Gasteiger partial charge in [0.15, 0.2) is 0 Å². The van der Waals surface area contributed by atoms with Crippen molar-refractivity contribution >= 4 is 23.5 Å². The Morgan fingerprint density at radius 3 is 2.86 bits per heavy atom. The van der Waals surface area contributed by atoms with Gasteiger partial charge in [0.25, 0.3) is 5.91 Å². The van der Waals surface area contributed by atoms with Gasteiger partial charge in [-0.25, -0.2) is 4.39 Å².